The normalized spacial score (nSPS) is 21.8. The van der Waals surface area contributed by atoms with Crippen molar-refractivity contribution < 1.29 is 27.5 Å². The zero-order valence-electron chi connectivity index (χ0n) is 18.9. The summed E-state index contributed by atoms with van der Waals surface area (Å²) in [7, 11) is -1.61. The second kappa shape index (κ2) is 8.96. The molecule has 3 fully saturated rings. The number of carbonyl (C=O) groups excluding carboxylic acids is 2. The number of likely N-dealkylation sites (tertiary alicyclic amines) is 2. The lowest BCUT2D eigenvalue weighted by Gasteiger charge is -2.57. The summed E-state index contributed by atoms with van der Waals surface area (Å²) < 4.78 is 35.1. The van der Waals surface area contributed by atoms with Crippen LogP contribution in [0.1, 0.15) is 25.7 Å². The van der Waals surface area contributed by atoms with Gasteiger partial charge < -0.3 is 24.6 Å². The highest BCUT2D eigenvalue weighted by Gasteiger charge is 2.52. The summed E-state index contributed by atoms with van der Waals surface area (Å²) in [6.45, 7) is 3.14. The molecule has 9 nitrogen and oxygen atoms in total. The van der Waals surface area contributed by atoms with Gasteiger partial charge in [0.15, 0.2) is 9.84 Å². The molecule has 0 atom stereocenters. The molecule has 11 heteroatoms. The average Bonchev–Trinajstić information content (AvgIpc) is 2.71. The smallest absolute Gasteiger partial charge is 0.320 e. The Morgan fingerprint density at radius 1 is 1.21 bits per heavy atom. The number of nitrogens with one attached hydrogen (secondary N) is 1. The van der Waals surface area contributed by atoms with Crippen molar-refractivity contribution in [2.45, 2.75) is 42.2 Å². The summed E-state index contributed by atoms with van der Waals surface area (Å²) in [4.78, 5) is 27.1. The first-order valence-electron chi connectivity index (χ1n) is 11.0. The Balaban J connectivity index is 1.27. The van der Waals surface area contributed by atoms with E-state index >= 15 is 0 Å². The van der Waals surface area contributed by atoms with E-state index in [-0.39, 0.29) is 34.6 Å². The van der Waals surface area contributed by atoms with E-state index in [0.717, 1.165) is 45.0 Å². The Morgan fingerprint density at radius 3 is 2.42 bits per heavy atom. The number of rotatable bonds is 7. The van der Waals surface area contributed by atoms with Crippen molar-refractivity contribution >= 4 is 33.9 Å². The Kier molecular flexibility index (Phi) is 6.54. The third-order valence-corrected chi connectivity index (χ3v) is 8.50. The van der Waals surface area contributed by atoms with E-state index in [0.29, 0.717) is 30.3 Å². The molecule has 2 heterocycles. The maximum Gasteiger partial charge on any atom is 0.320 e. The second-order valence-electron chi connectivity index (χ2n) is 9.61. The van der Waals surface area contributed by atoms with E-state index in [9.17, 15) is 18.0 Å². The molecule has 1 aromatic carbocycles. The molecule has 182 valence electrons. The average molecular weight is 500 g/mol. The Labute approximate surface area is 199 Å². The summed E-state index contributed by atoms with van der Waals surface area (Å²) in [5, 5.41) is 3.59. The summed E-state index contributed by atoms with van der Waals surface area (Å²) in [6.07, 6.45) is 4.52. The number of sulfone groups is 1. The molecular weight excluding hydrogens is 470 g/mol. The molecule has 1 aliphatic carbocycles. The maximum atomic E-state index is 12.8. The molecule has 1 spiro atoms. The highest BCUT2D eigenvalue weighted by atomic mass is 35.5. The number of benzene rings is 1. The number of ether oxygens (including phenoxy) is 2. The summed E-state index contributed by atoms with van der Waals surface area (Å²) in [5.41, 5.74) is -0.255. The first kappa shape index (κ1) is 24.1. The molecule has 0 radical (unpaired) electrons. The highest BCUT2D eigenvalue weighted by Crippen LogP contribution is 2.45. The molecular formula is C22H30ClN3O6S. The molecule has 0 unspecified atom stereocenters. The van der Waals surface area contributed by atoms with Crippen LogP contribution in [-0.4, -0.2) is 88.5 Å². The number of urea groups is 1. The van der Waals surface area contributed by atoms with Crippen LogP contribution in [0.25, 0.3) is 0 Å². The zero-order valence-corrected chi connectivity index (χ0v) is 20.5. The van der Waals surface area contributed by atoms with Crippen molar-refractivity contribution in [1.82, 2.24) is 15.1 Å². The zero-order chi connectivity index (χ0) is 23.9. The Hall–Kier alpha value is -2.04. The van der Waals surface area contributed by atoms with Gasteiger partial charge in [0, 0.05) is 48.9 Å². The van der Waals surface area contributed by atoms with Gasteiger partial charge in [0.05, 0.1) is 11.6 Å². The number of hydrogen-bond donors (Lipinski definition) is 1. The largest absolute Gasteiger partial charge is 0.489 e. The molecule has 0 bridgehead atoms. The third-order valence-electron chi connectivity index (χ3n) is 7.13. The van der Waals surface area contributed by atoms with Gasteiger partial charge in [-0.05, 0) is 44.9 Å². The van der Waals surface area contributed by atoms with E-state index in [1.165, 1.54) is 6.07 Å². The number of hydrogen-bond acceptors (Lipinski definition) is 7. The first-order chi connectivity index (χ1) is 15.6. The lowest BCUT2D eigenvalue weighted by Crippen LogP contribution is -2.74. The fourth-order valence-corrected chi connectivity index (χ4v) is 6.08. The van der Waals surface area contributed by atoms with Crippen LogP contribution in [-0.2, 0) is 19.4 Å². The first-order valence-corrected chi connectivity index (χ1v) is 13.3. The van der Waals surface area contributed by atoms with Gasteiger partial charge in [0.1, 0.15) is 17.3 Å². The molecule has 4 rings (SSSR count). The predicted molar refractivity (Wildman–Crippen MR) is 122 cm³/mol. The van der Waals surface area contributed by atoms with Crippen LogP contribution in [0.15, 0.2) is 23.1 Å². The van der Waals surface area contributed by atoms with E-state index < -0.39 is 9.84 Å². The summed E-state index contributed by atoms with van der Waals surface area (Å²) >= 11 is 6.06. The Morgan fingerprint density at radius 2 is 1.85 bits per heavy atom. The van der Waals surface area contributed by atoms with E-state index in [4.69, 9.17) is 21.1 Å². The van der Waals surface area contributed by atoms with Crippen molar-refractivity contribution in [1.29, 1.82) is 0 Å². The molecule has 1 saturated carbocycles. The molecule has 1 aromatic rings. The summed E-state index contributed by atoms with van der Waals surface area (Å²) in [5.74, 6) is 0.306. The van der Waals surface area contributed by atoms with Crippen LogP contribution in [0.4, 0.5) is 4.79 Å². The van der Waals surface area contributed by atoms with Crippen LogP contribution < -0.4 is 10.1 Å². The van der Waals surface area contributed by atoms with E-state index in [1.807, 2.05) is 4.90 Å². The minimum atomic E-state index is -3.42. The van der Waals surface area contributed by atoms with Crippen LogP contribution in [0, 0.1) is 5.41 Å². The molecule has 0 aromatic heterocycles. The second-order valence-corrected chi connectivity index (χ2v) is 12.0. The van der Waals surface area contributed by atoms with Crippen molar-refractivity contribution in [3.63, 3.8) is 0 Å². The number of nitrogens with zero attached hydrogens (tertiary/aromatic N) is 2. The van der Waals surface area contributed by atoms with Crippen molar-refractivity contribution in [2.75, 3.05) is 46.1 Å². The quantitative estimate of drug-likeness (QED) is 0.571. The lowest BCUT2D eigenvalue weighted by atomic mass is 9.68. The van der Waals surface area contributed by atoms with Gasteiger partial charge >= 0.3 is 6.03 Å². The van der Waals surface area contributed by atoms with Crippen LogP contribution >= 0.6 is 11.6 Å². The number of halogens is 1. The van der Waals surface area contributed by atoms with Gasteiger partial charge in [0.2, 0.25) is 0 Å². The minimum absolute atomic E-state index is 0.0210. The van der Waals surface area contributed by atoms with Gasteiger partial charge in [-0.3, -0.25) is 4.79 Å². The maximum absolute atomic E-state index is 12.8. The predicted octanol–water partition coefficient (Wildman–Crippen LogP) is 1.93. The monoisotopic (exact) mass is 499 g/mol. The number of amides is 2. The summed E-state index contributed by atoms with van der Waals surface area (Å²) in [6, 6.07) is 4.61. The fraction of sp³-hybridized carbons (Fsp3) is 0.636. The standard InChI is InChI=1S/C22H30ClN3O6S/c1-24-22(14-31-15-27)12-26(13-22)20(28)25-10-21(11-25)7-5-17(6-8-21)32-18-9-16(23)3-4-19(18)33(2,29)30/h3-4,9,15,17,24H,5-8,10-14H2,1-2H3. The molecule has 3 aliphatic rings. The van der Waals surface area contributed by atoms with Crippen LogP contribution in [0.2, 0.25) is 5.02 Å². The highest BCUT2D eigenvalue weighted by molar-refractivity contribution is 7.90. The van der Waals surface area contributed by atoms with E-state index in [1.54, 1.807) is 24.1 Å². The lowest BCUT2D eigenvalue weighted by molar-refractivity contribution is -0.133. The molecule has 1 N–H and O–H groups in total. The van der Waals surface area contributed by atoms with Crippen LogP contribution in [0.5, 0.6) is 5.75 Å². The SMILES string of the molecule is CNC1(COC=O)CN(C(=O)N2CC3(CCC(Oc4cc(Cl)ccc4S(C)(=O)=O)CC3)C2)C1. The van der Waals surface area contributed by atoms with Crippen molar-refractivity contribution in [3.8, 4) is 5.75 Å². The van der Waals surface area contributed by atoms with Gasteiger partial charge in [-0.2, -0.15) is 0 Å². The molecule has 2 aliphatic heterocycles. The number of likely N-dealkylation sites (N-methyl/N-ethyl adjacent to an activating group) is 1. The van der Waals surface area contributed by atoms with Crippen molar-refractivity contribution in [3.05, 3.63) is 23.2 Å². The minimum Gasteiger partial charge on any atom is -0.489 e. The topological polar surface area (TPSA) is 105 Å². The fourth-order valence-electron chi connectivity index (χ4n) is 5.13. The van der Waals surface area contributed by atoms with Gasteiger partial charge in [-0.25, -0.2) is 13.2 Å². The third kappa shape index (κ3) is 4.93. The van der Waals surface area contributed by atoms with Crippen molar-refractivity contribution in [2.24, 2.45) is 5.41 Å². The number of carbonyl (C=O) groups is 2. The molecule has 33 heavy (non-hydrogen) atoms. The van der Waals surface area contributed by atoms with Crippen LogP contribution in [0.3, 0.4) is 0 Å². The Bertz CT molecular complexity index is 1010. The molecule has 2 amide bonds. The van der Waals surface area contributed by atoms with Gasteiger partial charge in [-0.15, -0.1) is 0 Å². The van der Waals surface area contributed by atoms with Gasteiger partial charge in [0.25, 0.3) is 6.47 Å². The van der Waals surface area contributed by atoms with E-state index in [2.05, 4.69) is 5.32 Å². The molecule has 2 saturated heterocycles. The van der Waals surface area contributed by atoms with Gasteiger partial charge in [-0.1, -0.05) is 11.6 Å².